The summed E-state index contributed by atoms with van der Waals surface area (Å²) in [7, 11) is 0. The molecule has 0 heterocycles. The van der Waals surface area contributed by atoms with E-state index in [9.17, 15) is 27.6 Å². The van der Waals surface area contributed by atoms with Gasteiger partial charge in [0.05, 0.1) is 11.6 Å². The van der Waals surface area contributed by atoms with E-state index < -0.39 is 29.7 Å². The topological polar surface area (TPSA) is 130 Å². The minimum Gasteiger partial charge on any atom is -0.449 e. The molecule has 1 atom stereocenters. The molecule has 0 unspecified atom stereocenters. The van der Waals surface area contributed by atoms with Crippen molar-refractivity contribution in [3.8, 4) is 22.9 Å². The lowest BCUT2D eigenvalue weighted by Crippen LogP contribution is -2.61. The van der Waals surface area contributed by atoms with Crippen LogP contribution in [0.25, 0.3) is 11.1 Å². The van der Waals surface area contributed by atoms with E-state index in [0.29, 0.717) is 25.7 Å². The second kappa shape index (κ2) is 14.6. The molecule has 3 amide bonds. The van der Waals surface area contributed by atoms with E-state index in [1.54, 1.807) is 13.0 Å². The van der Waals surface area contributed by atoms with Crippen molar-refractivity contribution in [3.05, 3.63) is 89.0 Å². The average molecular weight is 677 g/mol. The number of amides is 3. The fraction of sp³-hybridized carbons (Fsp3) is 0.405. The van der Waals surface area contributed by atoms with E-state index in [1.807, 2.05) is 50.2 Å². The van der Waals surface area contributed by atoms with Crippen molar-refractivity contribution in [2.24, 2.45) is 11.8 Å². The number of hydrogen-bond donors (Lipinski definition) is 3. The molecular formula is C37H39F3N4O5. The average Bonchev–Trinajstić information content (AvgIpc) is 3.39. The maximum atomic E-state index is 13.6. The molecule has 0 bridgehead atoms. The summed E-state index contributed by atoms with van der Waals surface area (Å²) < 4.78 is 48.4. The Bertz CT molecular complexity index is 1700. The second-order valence-corrected chi connectivity index (χ2v) is 13.0. The lowest BCUT2D eigenvalue weighted by molar-refractivity contribution is -0.274. The molecule has 2 aliphatic carbocycles. The normalized spacial score (nSPS) is 18.3. The highest BCUT2D eigenvalue weighted by atomic mass is 19.4. The van der Waals surface area contributed by atoms with Crippen LogP contribution in [0, 0.1) is 23.2 Å². The third-order valence-corrected chi connectivity index (χ3v) is 9.64. The number of nitrogens with one attached hydrogen (secondary N) is 3. The van der Waals surface area contributed by atoms with Crippen LogP contribution < -0.4 is 20.7 Å². The first-order valence-electron chi connectivity index (χ1n) is 16.3. The molecule has 2 aliphatic rings. The summed E-state index contributed by atoms with van der Waals surface area (Å²) >= 11 is 0. The van der Waals surface area contributed by atoms with E-state index in [2.05, 4.69) is 32.8 Å². The smallest absolute Gasteiger partial charge is 0.449 e. The SMILES string of the molecule is CC(C)[C@](C)(NC(=O)OCC1c2ccccc2-c2ccccc21)C(=O)NC1CCC(C(=O)NCc2ccc(C#N)cc2OC(F)(F)F)CC1. The summed E-state index contributed by atoms with van der Waals surface area (Å²) in [6.45, 7) is 5.24. The van der Waals surface area contributed by atoms with Gasteiger partial charge in [-0.1, -0.05) is 68.4 Å². The molecule has 0 saturated heterocycles. The van der Waals surface area contributed by atoms with Crippen LogP contribution in [0.4, 0.5) is 18.0 Å². The Labute approximate surface area is 283 Å². The standard InChI is InChI=1S/C37H39F3N4O5/c1-22(2)36(3,44-35(47)48-21-31-29-10-6-4-8-27(29)28-9-5-7-11-30(28)31)34(46)43-26-16-14-24(15-17-26)33(45)42-20-25-13-12-23(19-41)18-32(25)49-37(38,39)40/h4-13,18,22,24,26,31H,14-17,20-21H2,1-3H3,(H,42,45)(H,43,46)(H,44,47)/t24?,26?,36-/m0/s1. The minimum atomic E-state index is -4.95. The number of nitriles is 1. The number of carbonyl (C=O) groups is 3. The second-order valence-electron chi connectivity index (χ2n) is 13.0. The molecule has 1 fully saturated rings. The third kappa shape index (κ3) is 8.16. The van der Waals surface area contributed by atoms with Crippen LogP contribution in [0.1, 0.15) is 74.6 Å². The van der Waals surface area contributed by atoms with Gasteiger partial charge in [-0.05, 0) is 72.9 Å². The van der Waals surface area contributed by atoms with Gasteiger partial charge in [0, 0.05) is 30.0 Å². The van der Waals surface area contributed by atoms with Crippen molar-refractivity contribution in [3.63, 3.8) is 0 Å². The maximum Gasteiger partial charge on any atom is 0.573 e. The van der Waals surface area contributed by atoms with Gasteiger partial charge in [0.1, 0.15) is 17.9 Å². The van der Waals surface area contributed by atoms with E-state index in [-0.39, 0.29) is 54.0 Å². The number of nitrogens with zero attached hydrogens (tertiary/aromatic N) is 1. The molecular weight excluding hydrogens is 637 g/mol. The molecule has 0 aromatic heterocycles. The first kappa shape index (κ1) is 35.3. The monoisotopic (exact) mass is 676 g/mol. The van der Waals surface area contributed by atoms with Crippen molar-refractivity contribution in [1.29, 1.82) is 5.26 Å². The lowest BCUT2D eigenvalue weighted by atomic mass is 9.83. The zero-order valence-corrected chi connectivity index (χ0v) is 27.5. The van der Waals surface area contributed by atoms with Gasteiger partial charge < -0.3 is 25.4 Å². The van der Waals surface area contributed by atoms with E-state index >= 15 is 0 Å². The van der Waals surface area contributed by atoms with Gasteiger partial charge >= 0.3 is 12.5 Å². The van der Waals surface area contributed by atoms with E-state index in [0.717, 1.165) is 28.3 Å². The van der Waals surface area contributed by atoms with Crippen LogP contribution in [-0.4, -0.2) is 42.5 Å². The number of alkyl carbamates (subject to hydrolysis) is 1. The number of halogens is 3. The number of carbonyl (C=O) groups excluding carboxylic acids is 3. The molecule has 12 heteroatoms. The van der Waals surface area contributed by atoms with Gasteiger partial charge in [0.2, 0.25) is 11.8 Å². The molecule has 1 saturated carbocycles. The molecule has 0 radical (unpaired) electrons. The van der Waals surface area contributed by atoms with Crippen molar-refractivity contribution < 1.29 is 37.0 Å². The van der Waals surface area contributed by atoms with Crippen LogP contribution in [0.2, 0.25) is 0 Å². The summed E-state index contributed by atoms with van der Waals surface area (Å²) in [5, 5.41) is 17.5. The van der Waals surface area contributed by atoms with Gasteiger partial charge in [0.25, 0.3) is 0 Å². The van der Waals surface area contributed by atoms with Gasteiger partial charge in [-0.25, -0.2) is 4.79 Å². The molecule has 5 rings (SSSR count). The van der Waals surface area contributed by atoms with Crippen molar-refractivity contribution >= 4 is 17.9 Å². The third-order valence-electron chi connectivity index (χ3n) is 9.64. The van der Waals surface area contributed by atoms with Crippen LogP contribution in [-0.2, 0) is 20.9 Å². The van der Waals surface area contributed by atoms with Gasteiger partial charge in [0.15, 0.2) is 0 Å². The van der Waals surface area contributed by atoms with Crippen LogP contribution in [0.15, 0.2) is 66.7 Å². The number of rotatable bonds is 10. The van der Waals surface area contributed by atoms with Gasteiger partial charge in [-0.2, -0.15) is 5.26 Å². The Morgan fingerprint density at radius 2 is 1.55 bits per heavy atom. The van der Waals surface area contributed by atoms with Crippen LogP contribution in [0.3, 0.4) is 0 Å². The largest absolute Gasteiger partial charge is 0.573 e. The summed E-state index contributed by atoms with van der Waals surface area (Å²) in [5.74, 6) is -2.02. The van der Waals surface area contributed by atoms with Crippen LogP contribution in [0.5, 0.6) is 5.75 Å². The number of hydrogen-bond acceptors (Lipinski definition) is 6. The maximum absolute atomic E-state index is 13.6. The molecule has 49 heavy (non-hydrogen) atoms. The van der Waals surface area contributed by atoms with E-state index in [4.69, 9.17) is 10.00 Å². The molecule has 3 aromatic rings. The van der Waals surface area contributed by atoms with Crippen LogP contribution >= 0.6 is 0 Å². The van der Waals surface area contributed by atoms with Crippen molar-refractivity contribution in [2.75, 3.05) is 6.61 Å². The fourth-order valence-electron chi connectivity index (χ4n) is 6.46. The molecule has 3 N–H and O–H groups in total. The Hall–Kier alpha value is -5.05. The minimum absolute atomic E-state index is 0.00302. The number of benzene rings is 3. The molecule has 258 valence electrons. The molecule has 0 spiro atoms. The summed E-state index contributed by atoms with van der Waals surface area (Å²) in [5.41, 5.74) is 3.20. The highest BCUT2D eigenvalue weighted by Crippen LogP contribution is 2.44. The number of ether oxygens (including phenoxy) is 2. The first-order chi connectivity index (χ1) is 23.3. The van der Waals surface area contributed by atoms with Crippen molar-refractivity contribution in [1.82, 2.24) is 16.0 Å². The Kier molecular flexibility index (Phi) is 10.5. The summed E-state index contributed by atoms with van der Waals surface area (Å²) in [4.78, 5) is 39.6. The Morgan fingerprint density at radius 3 is 2.12 bits per heavy atom. The number of fused-ring (bicyclic) bond motifs is 3. The summed E-state index contributed by atoms with van der Waals surface area (Å²) in [6.07, 6.45) is -3.74. The molecule has 0 aliphatic heterocycles. The fourth-order valence-corrected chi connectivity index (χ4v) is 6.46. The zero-order valence-electron chi connectivity index (χ0n) is 27.5. The van der Waals surface area contributed by atoms with Crippen molar-refractivity contribution in [2.45, 2.75) is 76.9 Å². The Balaban J connectivity index is 1.12. The predicted octanol–water partition coefficient (Wildman–Crippen LogP) is 6.70. The summed E-state index contributed by atoms with van der Waals surface area (Å²) in [6, 6.07) is 21.2. The Morgan fingerprint density at radius 1 is 0.939 bits per heavy atom. The van der Waals surface area contributed by atoms with Gasteiger partial charge in [-0.15, -0.1) is 13.2 Å². The number of alkyl halides is 3. The highest BCUT2D eigenvalue weighted by Gasteiger charge is 2.41. The van der Waals surface area contributed by atoms with E-state index in [1.165, 1.54) is 12.1 Å². The quantitative estimate of drug-likeness (QED) is 0.219. The molecule has 3 aromatic carbocycles. The predicted molar refractivity (Wildman–Crippen MR) is 175 cm³/mol. The molecule has 9 nitrogen and oxygen atoms in total. The first-order valence-corrected chi connectivity index (χ1v) is 16.3. The lowest BCUT2D eigenvalue weighted by Gasteiger charge is -2.36. The van der Waals surface area contributed by atoms with Gasteiger partial charge in [-0.3, -0.25) is 9.59 Å². The zero-order chi connectivity index (χ0) is 35.3. The highest BCUT2D eigenvalue weighted by molar-refractivity contribution is 5.90.